The highest BCUT2D eigenvalue weighted by Gasteiger charge is 2.27. The van der Waals surface area contributed by atoms with Crippen LogP contribution in [-0.4, -0.2) is 34.6 Å². The lowest BCUT2D eigenvalue weighted by molar-refractivity contribution is -0.121. The Morgan fingerprint density at radius 2 is 1.94 bits per heavy atom. The van der Waals surface area contributed by atoms with Crippen molar-refractivity contribution in [1.82, 2.24) is 9.97 Å². The number of anilines is 1. The lowest BCUT2D eigenvalue weighted by atomic mass is 10.1. The molecule has 1 aliphatic rings. The third-order valence-corrected chi connectivity index (χ3v) is 6.72. The summed E-state index contributed by atoms with van der Waals surface area (Å²) in [5.74, 6) is 0.151. The van der Waals surface area contributed by atoms with Gasteiger partial charge >= 0.3 is 5.97 Å². The number of fused-ring (bicyclic) bond motifs is 1. The maximum Gasteiger partial charge on any atom is 0.338 e. The third-order valence-electron chi connectivity index (χ3n) is 5.73. The Hall–Kier alpha value is -4.04. The molecule has 7 nitrogen and oxygen atoms in total. The largest absolute Gasteiger partial charge is 0.482 e. The Balaban J connectivity index is 1.43. The van der Waals surface area contributed by atoms with E-state index in [1.807, 2.05) is 69.3 Å². The Morgan fingerprint density at radius 1 is 1.14 bits per heavy atom. The number of carbonyl (C=O) groups is 2. The molecule has 36 heavy (non-hydrogen) atoms. The molecule has 0 spiro atoms. The molecule has 0 saturated heterocycles. The molecule has 2 aromatic heterocycles. The molecule has 0 fully saturated rings. The number of esters is 1. The van der Waals surface area contributed by atoms with Crippen molar-refractivity contribution in [3.8, 4) is 27.7 Å². The van der Waals surface area contributed by atoms with E-state index in [2.05, 4.69) is 4.98 Å². The molecular formula is C28H25N3O4S. The van der Waals surface area contributed by atoms with Gasteiger partial charge in [0.05, 0.1) is 35.3 Å². The molecule has 0 N–H and O–H groups in total. The van der Waals surface area contributed by atoms with Gasteiger partial charge in [-0.1, -0.05) is 18.2 Å². The summed E-state index contributed by atoms with van der Waals surface area (Å²) in [5.41, 5.74) is 4.65. The zero-order chi connectivity index (χ0) is 25.2. The van der Waals surface area contributed by atoms with Crippen LogP contribution in [0, 0.1) is 6.92 Å². The summed E-state index contributed by atoms with van der Waals surface area (Å²) in [7, 11) is 0. The maximum absolute atomic E-state index is 12.9. The minimum Gasteiger partial charge on any atom is -0.482 e. The SMILES string of the molecule is Cc1sc(-c2ccccn2)nc1-c1ccc2c(c1)N(Cc1ccc(C(=O)OC(C)C)cc1)C(=O)CO2. The van der Waals surface area contributed by atoms with Gasteiger partial charge in [0, 0.05) is 16.6 Å². The summed E-state index contributed by atoms with van der Waals surface area (Å²) in [6.45, 7) is 5.99. The molecule has 0 bridgehead atoms. The number of pyridine rings is 1. The van der Waals surface area contributed by atoms with E-state index in [0.717, 1.165) is 32.4 Å². The Morgan fingerprint density at radius 3 is 2.67 bits per heavy atom. The first-order valence-electron chi connectivity index (χ1n) is 11.7. The normalized spacial score (nSPS) is 12.9. The Kier molecular flexibility index (Phi) is 6.52. The number of hydrogen-bond acceptors (Lipinski definition) is 7. The van der Waals surface area contributed by atoms with Gasteiger partial charge in [-0.05, 0) is 68.8 Å². The van der Waals surface area contributed by atoms with E-state index in [9.17, 15) is 9.59 Å². The molecule has 0 radical (unpaired) electrons. The lowest BCUT2D eigenvalue weighted by Gasteiger charge is -2.30. The van der Waals surface area contributed by atoms with Crippen LogP contribution in [-0.2, 0) is 16.1 Å². The molecule has 0 atom stereocenters. The van der Waals surface area contributed by atoms with Crippen LogP contribution < -0.4 is 9.64 Å². The van der Waals surface area contributed by atoms with Crippen LogP contribution in [0.1, 0.15) is 34.6 Å². The molecule has 0 saturated carbocycles. The van der Waals surface area contributed by atoms with Crippen LogP contribution in [0.25, 0.3) is 22.0 Å². The summed E-state index contributed by atoms with van der Waals surface area (Å²) in [6.07, 6.45) is 1.57. The fraction of sp³-hybridized carbons (Fsp3) is 0.214. The Labute approximate surface area is 213 Å². The van der Waals surface area contributed by atoms with Crippen molar-refractivity contribution in [1.29, 1.82) is 0 Å². The topological polar surface area (TPSA) is 81.6 Å². The molecule has 182 valence electrons. The van der Waals surface area contributed by atoms with Crippen molar-refractivity contribution in [3.63, 3.8) is 0 Å². The number of aryl methyl sites for hydroxylation is 1. The Bertz CT molecular complexity index is 1410. The summed E-state index contributed by atoms with van der Waals surface area (Å²) in [4.78, 5) is 37.1. The van der Waals surface area contributed by atoms with Gasteiger partial charge in [0.15, 0.2) is 6.61 Å². The number of hydrogen-bond donors (Lipinski definition) is 0. The first kappa shape index (κ1) is 23.7. The number of aromatic nitrogens is 2. The molecule has 4 aromatic rings. The first-order chi connectivity index (χ1) is 17.4. The van der Waals surface area contributed by atoms with Crippen molar-refractivity contribution in [2.75, 3.05) is 11.5 Å². The summed E-state index contributed by atoms with van der Waals surface area (Å²) in [6, 6.07) is 18.7. The average molecular weight is 500 g/mol. The molecule has 1 aliphatic heterocycles. The van der Waals surface area contributed by atoms with E-state index in [1.165, 1.54) is 0 Å². The van der Waals surface area contributed by atoms with Crippen LogP contribution in [0.2, 0.25) is 0 Å². The summed E-state index contributed by atoms with van der Waals surface area (Å²) >= 11 is 1.59. The van der Waals surface area contributed by atoms with Gasteiger partial charge in [0.25, 0.3) is 5.91 Å². The molecule has 5 rings (SSSR count). The van der Waals surface area contributed by atoms with Gasteiger partial charge in [0.1, 0.15) is 10.8 Å². The molecule has 0 unspecified atom stereocenters. The zero-order valence-electron chi connectivity index (χ0n) is 20.2. The van der Waals surface area contributed by atoms with Crippen LogP contribution in [0.3, 0.4) is 0 Å². The van der Waals surface area contributed by atoms with E-state index < -0.39 is 0 Å². The van der Waals surface area contributed by atoms with E-state index in [0.29, 0.717) is 23.5 Å². The third kappa shape index (κ3) is 4.85. The number of nitrogens with zero attached hydrogens (tertiary/aromatic N) is 3. The van der Waals surface area contributed by atoms with Crippen LogP contribution in [0.15, 0.2) is 66.9 Å². The van der Waals surface area contributed by atoms with Gasteiger partial charge in [-0.2, -0.15) is 0 Å². The second kappa shape index (κ2) is 9.91. The first-order valence-corrected chi connectivity index (χ1v) is 12.5. The van der Waals surface area contributed by atoms with E-state index in [-0.39, 0.29) is 24.6 Å². The monoisotopic (exact) mass is 499 g/mol. The van der Waals surface area contributed by atoms with Crippen molar-refractivity contribution >= 4 is 28.9 Å². The standard InChI is InChI=1S/C28H25N3O4S/c1-17(2)35-28(33)20-9-7-19(8-10-20)15-31-23-14-21(11-12-24(23)34-16-25(31)32)26-18(3)36-27(30-26)22-6-4-5-13-29-22/h4-14,17H,15-16H2,1-3H3. The van der Waals surface area contributed by atoms with Gasteiger partial charge < -0.3 is 14.4 Å². The van der Waals surface area contributed by atoms with Crippen molar-refractivity contribution < 1.29 is 19.1 Å². The van der Waals surface area contributed by atoms with Gasteiger partial charge in [-0.25, -0.2) is 9.78 Å². The predicted octanol–water partition coefficient (Wildman–Crippen LogP) is 5.67. The number of amides is 1. The highest BCUT2D eigenvalue weighted by molar-refractivity contribution is 7.15. The van der Waals surface area contributed by atoms with E-state index >= 15 is 0 Å². The van der Waals surface area contributed by atoms with Crippen LogP contribution in [0.4, 0.5) is 5.69 Å². The quantitative estimate of drug-likeness (QED) is 0.318. The lowest BCUT2D eigenvalue weighted by Crippen LogP contribution is -2.38. The summed E-state index contributed by atoms with van der Waals surface area (Å²) in [5, 5.41) is 0.848. The minimum atomic E-state index is -0.363. The van der Waals surface area contributed by atoms with Gasteiger partial charge in [-0.15, -0.1) is 11.3 Å². The fourth-order valence-corrected chi connectivity index (χ4v) is 4.91. The van der Waals surface area contributed by atoms with Crippen LogP contribution in [0.5, 0.6) is 5.75 Å². The molecule has 8 heteroatoms. The predicted molar refractivity (Wildman–Crippen MR) is 139 cm³/mol. The van der Waals surface area contributed by atoms with E-state index in [4.69, 9.17) is 14.5 Å². The second-order valence-electron chi connectivity index (χ2n) is 8.74. The van der Waals surface area contributed by atoms with Crippen molar-refractivity contribution in [3.05, 3.63) is 82.9 Å². The molecule has 2 aromatic carbocycles. The highest BCUT2D eigenvalue weighted by atomic mass is 32.1. The second-order valence-corrected chi connectivity index (χ2v) is 9.94. The van der Waals surface area contributed by atoms with Crippen molar-refractivity contribution in [2.24, 2.45) is 0 Å². The molecular weight excluding hydrogens is 474 g/mol. The smallest absolute Gasteiger partial charge is 0.338 e. The minimum absolute atomic E-state index is 0.0231. The number of rotatable bonds is 6. The van der Waals surface area contributed by atoms with Crippen molar-refractivity contribution in [2.45, 2.75) is 33.4 Å². The maximum atomic E-state index is 12.9. The van der Waals surface area contributed by atoms with Crippen LogP contribution >= 0.6 is 11.3 Å². The molecule has 3 heterocycles. The number of benzene rings is 2. The highest BCUT2D eigenvalue weighted by Crippen LogP contribution is 2.39. The zero-order valence-corrected chi connectivity index (χ0v) is 21.0. The van der Waals surface area contributed by atoms with Gasteiger partial charge in [0.2, 0.25) is 0 Å². The number of ether oxygens (including phenoxy) is 2. The molecule has 0 aliphatic carbocycles. The molecule has 1 amide bonds. The van der Waals surface area contributed by atoms with Gasteiger partial charge in [-0.3, -0.25) is 9.78 Å². The fourth-order valence-electron chi connectivity index (χ4n) is 4.00. The average Bonchev–Trinajstić information content (AvgIpc) is 3.27. The number of thiazole rings is 1. The van der Waals surface area contributed by atoms with E-state index in [1.54, 1.807) is 34.6 Å². The summed E-state index contributed by atoms with van der Waals surface area (Å²) < 4.78 is 11.0. The number of carbonyl (C=O) groups excluding carboxylic acids is 2.